The number of aromatic hydroxyl groups is 1. The van der Waals surface area contributed by atoms with Crippen LogP contribution in [0.1, 0.15) is 5.56 Å². The molecule has 0 heterocycles. The maximum absolute atomic E-state index is 9.85. The monoisotopic (exact) mass is 274 g/mol. The normalized spacial score (nSPS) is 10.1. The number of hydrogen-bond donors (Lipinski definition) is 1. The molecular formula is C14H11BrO. The van der Waals surface area contributed by atoms with Gasteiger partial charge in [-0.15, -0.1) is 0 Å². The molecule has 2 aromatic carbocycles. The van der Waals surface area contributed by atoms with Crippen LogP contribution in [0.5, 0.6) is 5.75 Å². The third kappa shape index (κ3) is 2.02. The van der Waals surface area contributed by atoms with Crippen LogP contribution in [0.4, 0.5) is 0 Å². The Kier molecular flexibility index (Phi) is 3.11. The molecule has 0 saturated heterocycles. The summed E-state index contributed by atoms with van der Waals surface area (Å²) in [5.41, 5.74) is 2.80. The first-order valence-electron chi connectivity index (χ1n) is 4.92. The topological polar surface area (TPSA) is 20.2 Å². The first kappa shape index (κ1) is 11.0. The van der Waals surface area contributed by atoms with Crippen LogP contribution in [0.2, 0.25) is 0 Å². The minimum absolute atomic E-state index is 0.275. The van der Waals surface area contributed by atoms with Gasteiger partial charge in [-0.3, -0.25) is 0 Å². The number of benzene rings is 2. The van der Waals surface area contributed by atoms with Gasteiger partial charge < -0.3 is 5.11 Å². The van der Waals surface area contributed by atoms with Gasteiger partial charge in [-0.05, 0) is 29.3 Å². The Morgan fingerprint density at radius 3 is 2.56 bits per heavy atom. The summed E-state index contributed by atoms with van der Waals surface area (Å²) in [7, 11) is 0. The van der Waals surface area contributed by atoms with Crippen molar-refractivity contribution in [3.05, 3.63) is 59.1 Å². The average molecular weight is 275 g/mol. The first-order chi connectivity index (χ1) is 7.72. The summed E-state index contributed by atoms with van der Waals surface area (Å²) in [4.78, 5) is 0. The second kappa shape index (κ2) is 4.54. The van der Waals surface area contributed by atoms with Gasteiger partial charge in [-0.1, -0.05) is 52.9 Å². The van der Waals surface area contributed by atoms with Crippen molar-refractivity contribution in [3.63, 3.8) is 0 Å². The molecule has 2 heteroatoms. The third-order valence-electron chi connectivity index (χ3n) is 2.43. The summed E-state index contributed by atoms with van der Waals surface area (Å²) in [6.45, 7) is 3.78. The summed E-state index contributed by atoms with van der Waals surface area (Å²) >= 11 is 3.40. The zero-order valence-electron chi connectivity index (χ0n) is 8.65. The van der Waals surface area contributed by atoms with Crippen molar-refractivity contribution in [3.8, 4) is 16.9 Å². The highest BCUT2D eigenvalue weighted by Gasteiger charge is 2.07. The van der Waals surface area contributed by atoms with Gasteiger partial charge in [0.25, 0.3) is 0 Å². The molecule has 0 aromatic heterocycles. The molecule has 1 nitrogen and oxygen atoms in total. The molecule has 0 fully saturated rings. The zero-order chi connectivity index (χ0) is 11.5. The van der Waals surface area contributed by atoms with Crippen LogP contribution in [0.25, 0.3) is 17.2 Å². The van der Waals surface area contributed by atoms with Gasteiger partial charge in [0, 0.05) is 10.0 Å². The Labute approximate surface area is 103 Å². The number of hydrogen-bond acceptors (Lipinski definition) is 1. The Morgan fingerprint density at radius 2 is 1.81 bits per heavy atom. The lowest BCUT2D eigenvalue weighted by Gasteiger charge is -2.08. The van der Waals surface area contributed by atoms with Gasteiger partial charge in [-0.25, -0.2) is 0 Å². The van der Waals surface area contributed by atoms with Crippen molar-refractivity contribution in [1.29, 1.82) is 0 Å². The quantitative estimate of drug-likeness (QED) is 0.857. The Morgan fingerprint density at radius 1 is 1.06 bits per heavy atom. The number of phenolic OH excluding ortho intramolecular Hbond substituents is 1. The molecule has 1 N–H and O–H groups in total. The van der Waals surface area contributed by atoms with Gasteiger partial charge in [0.1, 0.15) is 5.75 Å². The molecular weight excluding hydrogens is 264 g/mol. The van der Waals surface area contributed by atoms with E-state index in [1.807, 2.05) is 36.4 Å². The average Bonchev–Trinajstić information content (AvgIpc) is 2.32. The van der Waals surface area contributed by atoms with E-state index in [9.17, 15) is 5.11 Å². The Balaban J connectivity index is 2.66. The molecule has 0 aliphatic rings. The van der Waals surface area contributed by atoms with Crippen molar-refractivity contribution in [2.24, 2.45) is 0 Å². The maximum atomic E-state index is 9.85. The molecule has 16 heavy (non-hydrogen) atoms. The van der Waals surface area contributed by atoms with E-state index in [0.29, 0.717) is 0 Å². The molecule has 2 rings (SSSR count). The van der Waals surface area contributed by atoms with Crippen LogP contribution >= 0.6 is 15.9 Å². The molecule has 0 bridgehead atoms. The second-order valence-electron chi connectivity index (χ2n) is 3.45. The summed E-state index contributed by atoms with van der Waals surface area (Å²) in [5, 5.41) is 9.85. The number of phenols is 1. The predicted molar refractivity (Wildman–Crippen MR) is 71.3 cm³/mol. The van der Waals surface area contributed by atoms with E-state index in [4.69, 9.17) is 0 Å². The molecule has 0 spiro atoms. The van der Waals surface area contributed by atoms with Crippen LogP contribution in [0.3, 0.4) is 0 Å². The van der Waals surface area contributed by atoms with Crippen molar-refractivity contribution in [1.82, 2.24) is 0 Å². The van der Waals surface area contributed by atoms with Crippen LogP contribution in [-0.2, 0) is 0 Å². The molecule has 0 atom stereocenters. The van der Waals surface area contributed by atoms with Gasteiger partial charge in [0.2, 0.25) is 0 Å². The maximum Gasteiger partial charge on any atom is 0.123 e. The van der Waals surface area contributed by atoms with Crippen LogP contribution < -0.4 is 0 Å². The van der Waals surface area contributed by atoms with Crippen LogP contribution in [-0.4, -0.2) is 5.11 Å². The van der Waals surface area contributed by atoms with Crippen molar-refractivity contribution in [2.75, 3.05) is 0 Å². The highest BCUT2D eigenvalue weighted by Crippen LogP contribution is 2.34. The first-order valence-corrected chi connectivity index (χ1v) is 5.72. The molecule has 0 amide bonds. The van der Waals surface area contributed by atoms with Crippen molar-refractivity contribution in [2.45, 2.75) is 0 Å². The van der Waals surface area contributed by atoms with Gasteiger partial charge >= 0.3 is 0 Å². The lowest BCUT2D eigenvalue weighted by atomic mass is 9.99. The smallest absolute Gasteiger partial charge is 0.123 e. The summed E-state index contributed by atoms with van der Waals surface area (Å²) in [6, 6.07) is 13.2. The van der Waals surface area contributed by atoms with E-state index in [1.165, 1.54) is 0 Å². The fourth-order valence-electron chi connectivity index (χ4n) is 1.64. The molecule has 80 valence electrons. The number of rotatable bonds is 2. The largest absolute Gasteiger partial charge is 0.507 e. The molecule has 0 unspecified atom stereocenters. The fourth-order valence-corrected chi connectivity index (χ4v) is 2.01. The van der Waals surface area contributed by atoms with Gasteiger partial charge in [0.15, 0.2) is 0 Å². The standard InChI is InChI=1S/C14H11BrO/c1-2-10-5-3-4-6-12(10)13-9-11(15)7-8-14(13)16/h2-9,16H,1H2. The predicted octanol–water partition coefficient (Wildman–Crippen LogP) is 4.46. The van der Waals surface area contributed by atoms with E-state index in [-0.39, 0.29) is 5.75 Å². The Hall–Kier alpha value is -1.54. The lowest BCUT2D eigenvalue weighted by molar-refractivity contribution is 0.477. The number of halogens is 1. The highest BCUT2D eigenvalue weighted by atomic mass is 79.9. The summed E-state index contributed by atoms with van der Waals surface area (Å²) < 4.78 is 0.944. The summed E-state index contributed by atoms with van der Waals surface area (Å²) in [6.07, 6.45) is 1.79. The van der Waals surface area contributed by atoms with Gasteiger partial charge in [-0.2, -0.15) is 0 Å². The van der Waals surface area contributed by atoms with E-state index in [1.54, 1.807) is 12.1 Å². The third-order valence-corrected chi connectivity index (χ3v) is 2.92. The van der Waals surface area contributed by atoms with E-state index >= 15 is 0 Å². The summed E-state index contributed by atoms with van der Waals surface area (Å²) in [5.74, 6) is 0.275. The van der Waals surface area contributed by atoms with Crippen LogP contribution in [0, 0.1) is 0 Å². The van der Waals surface area contributed by atoms with Crippen molar-refractivity contribution >= 4 is 22.0 Å². The molecule has 0 saturated carbocycles. The second-order valence-corrected chi connectivity index (χ2v) is 4.37. The minimum Gasteiger partial charge on any atom is -0.507 e. The molecule has 0 radical (unpaired) electrons. The fraction of sp³-hybridized carbons (Fsp3) is 0. The van der Waals surface area contributed by atoms with Crippen molar-refractivity contribution < 1.29 is 5.11 Å². The SMILES string of the molecule is C=Cc1ccccc1-c1cc(Br)ccc1O. The minimum atomic E-state index is 0.275. The Bertz CT molecular complexity index is 532. The molecule has 2 aromatic rings. The van der Waals surface area contributed by atoms with E-state index in [2.05, 4.69) is 22.5 Å². The van der Waals surface area contributed by atoms with Gasteiger partial charge in [0.05, 0.1) is 0 Å². The molecule has 0 aliphatic heterocycles. The lowest BCUT2D eigenvalue weighted by Crippen LogP contribution is -1.83. The zero-order valence-corrected chi connectivity index (χ0v) is 10.2. The highest BCUT2D eigenvalue weighted by molar-refractivity contribution is 9.10. The van der Waals surface area contributed by atoms with E-state index in [0.717, 1.165) is 21.2 Å². The van der Waals surface area contributed by atoms with E-state index < -0.39 is 0 Å². The molecule has 0 aliphatic carbocycles. The van der Waals surface area contributed by atoms with Crippen LogP contribution in [0.15, 0.2) is 53.5 Å².